The first kappa shape index (κ1) is 69.6. The maximum Gasteiger partial charge on any atom is 0.306 e. The van der Waals surface area contributed by atoms with Crippen LogP contribution >= 0.6 is 0 Å². The summed E-state index contributed by atoms with van der Waals surface area (Å²) in [6, 6.07) is 0. The van der Waals surface area contributed by atoms with Gasteiger partial charge in [0.2, 0.25) is 0 Å². The molecule has 0 rings (SSSR count). The summed E-state index contributed by atoms with van der Waals surface area (Å²) in [6.07, 6.45) is 80.1. The monoisotopic (exact) mass is 1020 g/mol. The van der Waals surface area contributed by atoms with E-state index in [0.29, 0.717) is 19.3 Å². The van der Waals surface area contributed by atoms with Crippen LogP contribution < -0.4 is 0 Å². The van der Waals surface area contributed by atoms with Crippen molar-refractivity contribution in [2.24, 2.45) is 0 Å². The van der Waals surface area contributed by atoms with Crippen LogP contribution in [0.15, 0.2) is 85.1 Å². The van der Waals surface area contributed by atoms with Crippen LogP contribution in [-0.4, -0.2) is 37.2 Å². The third-order valence-electron chi connectivity index (χ3n) is 13.4. The first-order chi connectivity index (χ1) is 36.0. The molecule has 0 aromatic heterocycles. The van der Waals surface area contributed by atoms with Crippen LogP contribution in [0.3, 0.4) is 0 Å². The number of esters is 3. The third-order valence-corrected chi connectivity index (χ3v) is 13.4. The van der Waals surface area contributed by atoms with Crippen molar-refractivity contribution in [1.82, 2.24) is 0 Å². The lowest BCUT2D eigenvalue weighted by Gasteiger charge is -2.18. The number of hydrogen-bond acceptors (Lipinski definition) is 6. The summed E-state index contributed by atoms with van der Waals surface area (Å²) in [5.41, 5.74) is 0. The SMILES string of the molecule is CC/C=C\C/C=C\C/C=C\C/C=C\C/C=C\CCCC(=O)OC[C@H](COC(=O)CCCCCCCCCCCCCCCCCCCCC)OC(=O)CCCCCCCCCCC/C=C\C/C=C\CCCCC. The van der Waals surface area contributed by atoms with Gasteiger partial charge in [-0.15, -0.1) is 0 Å². The highest BCUT2D eigenvalue weighted by Gasteiger charge is 2.19. The van der Waals surface area contributed by atoms with Crippen molar-refractivity contribution in [2.75, 3.05) is 13.2 Å². The summed E-state index contributed by atoms with van der Waals surface area (Å²) in [5, 5.41) is 0. The second-order valence-corrected chi connectivity index (χ2v) is 20.6. The number of rotatable bonds is 56. The molecule has 0 aliphatic carbocycles. The molecule has 0 spiro atoms. The summed E-state index contributed by atoms with van der Waals surface area (Å²) in [4.78, 5) is 38.3. The fourth-order valence-electron chi connectivity index (χ4n) is 8.75. The van der Waals surface area contributed by atoms with Gasteiger partial charge in [0.05, 0.1) is 0 Å². The molecule has 6 heteroatoms. The van der Waals surface area contributed by atoms with E-state index in [1.54, 1.807) is 0 Å². The Morgan fingerprint density at radius 2 is 0.548 bits per heavy atom. The summed E-state index contributed by atoms with van der Waals surface area (Å²) < 4.78 is 16.9. The third kappa shape index (κ3) is 59.3. The molecule has 0 aromatic carbocycles. The lowest BCUT2D eigenvalue weighted by molar-refractivity contribution is -0.167. The van der Waals surface area contributed by atoms with Crippen molar-refractivity contribution in [2.45, 2.75) is 309 Å². The van der Waals surface area contributed by atoms with Crippen molar-refractivity contribution in [1.29, 1.82) is 0 Å². The molecule has 0 N–H and O–H groups in total. The second kappa shape index (κ2) is 61.1. The van der Waals surface area contributed by atoms with Gasteiger partial charge in [-0.1, -0.05) is 279 Å². The Morgan fingerprint density at radius 3 is 0.918 bits per heavy atom. The summed E-state index contributed by atoms with van der Waals surface area (Å²) >= 11 is 0. The molecule has 0 aliphatic heterocycles. The highest BCUT2D eigenvalue weighted by Crippen LogP contribution is 2.17. The average Bonchev–Trinajstić information content (AvgIpc) is 3.39. The zero-order chi connectivity index (χ0) is 52.9. The molecule has 0 bridgehead atoms. The van der Waals surface area contributed by atoms with E-state index in [0.717, 1.165) is 83.5 Å². The maximum atomic E-state index is 12.9. The zero-order valence-electron chi connectivity index (χ0n) is 48.1. The van der Waals surface area contributed by atoms with Gasteiger partial charge in [-0.25, -0.2) is 0 Å². The molecule has 0 fully saturated rings. The molecule has 1 atom stereocenters. The van der Waals surface area contributed by atoms with Crippen LogP contribution in [0.5, 0.6) is 0 Å². The van der Waals surface area contributed by atoms with Gasteiger partial charge in [-0.05, 0) is 89.9 Å². The van der Waals surface area contributed by atoms with Crippen LogP contribution in [-0.2, 0) is 28.6 Å². The van der Waals surface area contributed by atoms with Crippen LogP contribution in [0.25, 0.3) is 0 Å². The van der Waals surface area contributed by atoms with Crippen LogP contribution in [0.2, 0.25) is 0 Å². The smallest absolute Gasteiger partial charge is 0.306 e. The lowest BCUT2D eigenvalue weighted by Crippen LogP contribution is -2.30. The van der Waals surface area contributed by atoms with Crippen LogP contribution in [0.4, 0.5) is 0 Å². The zero-order valence-corrected chi connectivity index (χ0v) is 48.1. The summed E-state index contributed by atoms with van der Waals surface area (Å²) in [5.74, 6) is -0.946. The van der Waals surface area contributed by atoms with E-state index in [-0.39, 0.29) is 37.5 Å². The fourth-order valence-corrected chi connectivity index (χ4v) is 8.75. The molecular weight excluding hydrogens is 901 g/mol. The Morgan fingerprint density at radius 1 is 0.288 bits per heavy atom. The molecule has 0 aliphatic rings. The van der Waals surface area contributed by atoms with E-state index in [1.807, 2.05) is 0 Å². The Bertz CT molecular complexity index is 1400. The molecule has 0 saturated carbocycles. The Hall–Kier alpha value is -3.41. The summed E-state index contributed by atoms with van der Waals surface area (Å²) in [7, 11) is 0. The summed E-state index contributed by atoms with van der Waals surface area (Å²) in [6.45, 7) is 6.49. The van der Waals surface area contributed by atoms with Gasteiger partial charge < -0.3 is 14.2 Å². The maximum absolute atomic E-state index is 12.9. The molecule has 0 radical (unpaired) electrons. The Kier molecular flexibility index (Phi) is 58.3. The quantitative estimate of drug-likeness (QED) is 0.0261. The number of unbranched alkanes of at least 4 members (excludes halogenated alkanes) is 31. The van der Waals surface area contributed by atoms with Crippen molar-refractivity contribution < 1.29 is 28.6 Å². The minimum atomic E-state index is -0.802. The van der Waals surface area contributed by atoms with Crippen molar-refractivity contribution in [3.8, 4) is 0 Å². The van der Waals surface area contributed by atoms with E-state index in [9.17, 15) is 14.4 Å². The molecule has 0 amide bonds. The van der Waals surface area contributed by atoms with E-state index >= 15 is 0 Å². The second-order valence-electron chi connectivity index (χ2n) is 20.6. The predicted octanol–water partition coefficient (Wildman–Crippen LogP) is 21.1. The van der Waals surface area contributed by atoms with Gasteiger partial charge in [0.25, 0.3) is 0 Å². The van der Waals surface area contributed by atoms with E-state index in [4.69, 9.17) is 14.2 Å². The Balaban J connectivity index is 4.44. The number of allylic oxidation sites excluding steroid dienone is 14. The number of ether oxygens (including phenoxy) is 3. The molecule has 73 heavy (non-hydrogen) atoms. The van der Waals surface area contributed by atoms with Crippen LogP contribution in [0, 0.1) is 0 Å². The van der Waals surface area contributed by atoms with Gasteiger partial charge in [-0.3, -0.25) is 14.4 Å². The fraction of sp³-hybridized carbons (Fsp3) is 0.746. The number of carbonyl (C=O) groups is 3. The Labute approximate surface area is 452 Å². The van der Waals surface area contributed by atoms with Crippen LogP contribution in [0.1, 0.15) is 303 Å². The van der Waals surface area contributed by atoms with Crippen molar-refractivity contribution in [3.05, 3.63) is 85.1 Å². The molecule has 0 unspecified atom stereocenters. The largest absolute Gasteiger partial charge is 0.462 e. The normalized spacial score (nSPS) is 12.6. The highest BCUT2D eigenvalue weighted by atomic mass is 16.6. The average molecular weight is 1020 g/mol. The number of hydrogen-bond donors (Lipinski definition) is 0. The molecule has 0 aromatic rings. The molecular formula is C67H116O6. The lowest BCUT2D eigenvalue weighted by atomic mass is 10.0. The van der Waals surface area contributed by atoms with Crippen molar-refractivity contribution in [3.63, 3.8) is 0 Å². The van der Waals surface area contributed by atoms with Gasteiger partial charge in [0.1, 0.15) is 13.2 Å². The van der Waals surface area contributed by atoms with Gasteiger partial charge >= 0.3 is 17.9 Å². The van der Waals surface area contributed by atoms with Gasteiger partial charge in [-0.2, -0.15) is 0 Å². The van der Waals surface area contributed by atoms with Gasteiger partial charge in [0, 0.05) is 19.3 Å². The van der Waals surface area contributed by atoms with E-state index < -0.39 is 6.10 Å². The topological polar surface area (TPSA) is 78.9 Å². The van der Waals surface area contributed by atoms with E-state index in [1.165, 1.54) is 173 Å². The first-order valence-electron chi connectivity index (χ1n) is 31.1. The standard InChI is InChI=1S/C67H116O6/c1-4-7-10-13-16-19-22-25-28-31-33-36-39-42-45-48-51-54-57-60-66(69)72-63-64(62-71-65(68)59-56-53-50-47-44-41-38-35-30-27-24-21-18-15-12-9-6-3)73-67(70)61-58-55-52-49-46-43-40-37-34-32-29-26-23-20-17-14-11-8-5-2/h9,12,17-18,20-21,26-27,29-30,38,41,47,50,64H,4-8,10-11,13-16,19,22-25,28,31-37,39-40,42-46,48-49,51-63H2,1-3H3/b12-9-,20-17-,21-18-,29-26-,30-27-,41-38-,50-47-/t64-/m1/s1. The minimum Gasteiger partial charge on any atom is -0.462 e. The van der Waals surface area contributed by atoms with Crippen molar-refractivity contribution >= 4 is 17.9 Å². The molecule has 0 saturated heterocycles. The highest BCUT2D eigenvalue weighted by molar-refractivity contribution is 5.71. The number of carbonyl (C=O) groups excluding carboxylic acids is 3. The molecule has 420 valence electrons. The minimum absolute atomic E-state index is 0.0934. The first-order valence-corrected chi connectivity index (χ1v) is 31.1. The van der Waals surface area contributed by atoms with E-state index in [2.05, 4.69) is 106 Å². The molecule has 6 nitrogen and oxygen atoms in total. The molecule has 0 heterocycles. The predicted molar refractivity (Wildman–Crippen MR) is 316 cm³/mol. The van der Waals surface area contributed by atoms with Gasteiger partial charge in [0.15, 0.2) is 6.10 Å².